The summed E-state index contributed by atoms with van der Waals surface area (Å²) in [7, 11) is 2.01. The minimum atomic E-state index is -0.0364. The standard InChI is InChI=1S/C19H31N3O/c1-15-4-6-18(7-5-15)14-21-19(23)16(2)22-12-9-17(10-13-22)8-11-20-3/h4-7,16-17,20H,8-14H2,1-3H3,(H,21,23). The summed E-state index contributed by atoms with van der Waals surface area (Å²) < 4.78 is 0. The van der Waals surface area contributed by atoms with Crippen LogP contribution < -0.4 is 10.6 Å². The summed E-state index contributed by atoms with van der Waals surface area (Å²) in [5.41, 5.74) is 2.40. The first kappa shape index (κ1) is 18.0. The van der Waals surface area contributed by atoms with Gasteiger partial charge in [-0.15, -0.1) is 0 Å². The van der Waals surface area contributed by atoms with Crippen molar-refractivity contribution in [2.24, 2.45) is 5.92 Å². The molecular formula is C19H31N3O. The number of carbonyl (C=O) groups is 1. The molecule has 1 aliphatic rings. The van der Waals surface area contributed by atoms with E-state index < -0.39 is 0 Å². The number of nitrogens with zero attached hydrogens (tertiary/aromatic N) is 1. The normalized spacial score (nSPS) is 17.9. The van der Waals surface area contributed by atoms with Crippen LogP contribution in [0.25, 0.3) is 0 Å². The van der Waals surface area contributed by atoms with Gasteiger partial charge in [-0.3, -0.25) is 9.69 Å². The average Bonchev–Trinajstić information content (AvgIpc) is 2.59. The molecule has 0 spiro atoms. The molecule has 1 fully saturated rings. The summed E-state index contributed by atoms with van der Waals surface area (Å²) in [6, 6.07) is 8.29. The molecule has 23 heavy (non-hydrogen) atoms. The van der Waals surface area contributed by atoms with Crippen molar-refractivity contribution in [2.75, 3.05) is 26.7 Å². The molecule has 0 saturated carbocycles. The molecule has 0 aromatic heterocycles. The van der Waals surface area contributed by atoms with E-state index in [0.717, 1.165) is 31.1 Å². The van der Waals surface area contributed by atoms with E-state index in [-0.39, 0.29) is 11.9 Å². The number of aryl methyl sites for hydroxylation is 1. The molecule has 4 nitrogen and oxygen atoms in total. The Bertz CT molecular complexity index is 478. The van der Waals surface area contributed by atoms with Gasteiger partial charge in [0.15, 0.2) is 0 Å². The summed E-state index contributed by atoms with van der Waals surface area (Å²) in [6.45, 7) is 7.88. The largest absolute Gasteiger partial charge is 0.351 e. The minimum Gasteiger partial charge on any atom is -0.351 e. The Labute approximate surface area is 140 Å². The van der Waals surface area contributed by atoms with Gasteiger partial charge >= 0.3 is 0 Å². The van der Waals surface area contributed by atoms with Crippen LogP contribution in [-0.2, 0) is 11.3 Å². The molecule has 1 amide bonds. The van der Waals surface area contributed by atoms with E-state index >= 15 is 0 Å². The lowest BCUT2D eigenvalue weighted by Gasteiger charge is -2.35. The van der Waals surface area contributed by atoms with Gasteiger partial charge in [0.1, 0.15) is 0 Å². The molecule has 1 aliphatic heterocycles. The first-order chi connectivity index (χ1) is 11.1. The van der Waals surface area contributed by atoms with Gasteiger partial charge < -0.3 is 10.6 Å². The van der Waals surface area contributed by atoms with Crippen molar-refractivity contribution in [2.45, 2.75) is 45.7 Å². The minimum absolute atomic E-state index is 0.0364. The van der Waals surface area contributed by atoms with Crippen LogP contribution in [0, 0.1) is 12.8 Å². The summed E-state index contributed by atoms with van der Waals surface area (Å²) in [6.07, 6.45) is 3.66. The summed E-state index contributed by atoms with van der Waals surface area (Å²) >= 11 is 0. The lowest BCUT2D eigenvalue weighted by molar-refractivity contribution is -0.126. The third kappa shape index (κ3) is 5.63. The van der Waals surface area contributed by atoms with E-state index in [2.05, 4.69) is 46.7 Å². The van der Waals surface area contributed by atoms with Crippen molar-refractivity contribution >= 4 is 5.91 Å². The van der Waals surface area contributed by atoms with E-state index in [9.17, 15) is 4.79 Å². The maximum absolute atomic E-state index is 12.4. The van der Waals surface area contributed by atoms with E-state index in [1.165, 1.54) is 24.8 Å². The number of piperidine rings is 1. The maximum atomic E-state index is 12.4. The van der Waals surface area contributed by atoms with Gasteiger partial charge in [-0.05, 0) is 71.3 Å². The molecule has 2 N–H and O–H groups in total. The zero-order chi connectivity index (χ0) is 16.7. The highest BCUT2D eigenvalue weighted by molar-refractivity contribution is 5.81. The van der Waals surface area contributed by atoms with Crippen molar-refractivity contribution in [3.63, 3.8) is 0 Å². The molecule has 1 atom stereocenters. The van der Waals surface area contributed by atoms with Crippen molar-refractivity contribution in [1.29, 1.82) is 0 Å². The Morgan fingerprint density at radius 3 is 2.52 bits per heavy atom. The van der Waals surface area contributed by atoms with Crippen molar-refractivity contribution in [1.82, 2.24) is 15.5 Å². The number of hydrogen-bond acceptors (Lipinski definition) is 3. The number of benzene rings is 1. The highest BCUT2D eigenvalue weighted by atomic mass is 16.2. The van der Waals surface area contributed by atoms with Gasteiger partial charge in [-0.1, -0.05) is 29.8 Å². The zero-order valence-electron chi connectivity index (χ0n) is 14.8. The number of rotatable bonds is 7. The molecule has 1 aromatic carbocycles. The van der Waals surface area contributed by atoms with Gasteiger partial charge in [0.25, 0.3) is 0 Å². The van der Waals surface area contributed by atoms with Crippen LogP contribution >= 0.6 is 0 Å². The fourth-order valence-corrected chi connectivity index (χ4v) is 3.19. The van der Waals surface area contributed by atoms with Crippen LogP contribution in [0.4, 0.5) is 0 Å². The SMILES string of the molecule is CNCCC1CCN(C(C)C(=O)NCc2ccc(C)cc2)CC1. The smallest absolute Gasteiger partial charge is 0.237 e. The Hall–Kier alpha value is -1.39. The molecule has 1 aromatic rings. The lowest BCUT2D eigenvalue weighted by atomic mass is 9.93. The summed E-state index contributed by atoms with van der Waals surface area (Å²) in [4.78, 5) is 14.7. The third-order valence-electron chi connectivity index (χ3n) is 4.97. The molecule has 1 unspecified atom stereocenters. The molecule has 1 heterocycles. The Morgan fingerprint density at radius 1 is 1.26 bits per heavy atom. The van der Waals surface area contributed by atoms with Gasteiger partial charge in [0.2, 0.25) is 5.91 Å². The van der Waals surface area contributed by atoms with Gasteiger partial charge in [-0.25, -0.2) is 0 Å². The highest BCUT2D eigenvalue weighted by Crippen LogP contribution is 2.21. The third-order valence-corrected chi connectivity index (χ3v) is 4.97. The number of carbonyl (C=O) groups excluding carboxylic acids is 1. The van der Waals surface area contributed by atoms with Crippen LogP contribution in [0.1, 0.15) is 37.3 Å². The molecular weight excluding hydrogens is 286 g/mol. The fraction of sp³-hybridized carbons (Fsp3) is 0.632. The van der Waals surface area contributed by atoms with Crippen LogP contribution in [0.3, 0.4) is 0 Å². The first-order valence-corrected chi connectivity index (χ1v) is 8.82. The lowest BCUT2D eigenvalue weighted by Crippen LogP contribution is -2.48. The molecule has 1 saturated heterocycles. The van der Waals surface area contributed by atoms with Crippen LogP contribution in [-0.4, -0.2) is 43.5 Å². The van der Waals surface area contributed by atoms with Crippen molar-refractivity contribution < 1.29 is 4.79 Å². The fourth-order valence-electron chi connectivity index (χ4n) is 3.19. The summed E-state index contributed by atoms with van der Waals surface area (Å²) in [5, 5.41) is 6.30. The highest BCUT2D eigenvalue weighted by Gasteiger charge is 2.26. The molecule has 0 radical (unpaired) electrons. The quantitative estimate of drug-likeness (QED) is 0.811. The van der Waals surface area contributed by atoms with E-state index in [4.69, 9.17) is 0 Å². The van der Waals surface area contributed by atoms with Gasteiger partial charge in [0, 0.05) is 6.54 Å². The molecule has 2 rings (SSSR count). The zero-order valence-corrected chi connectivity index (χ0v) is 14.8. The topological polar surface area (TPSA) is 44.4 Å². The molecule has 0 aliphatic carbocycles. The van der Waals surface area contributed by atoms with Gasteiger partial charge in [-0.2, -0.15) is 0 Å². The maximum Gasteiger partial charge on any atom is 0.237 e. The Balaban J connectivity index is 1.73. The molecule has 128 valence electrons. The van der Waals surface area contributed by atoms with Crippen LogP contribution in [0.15, 0.2) is 24.3 Å². The predicted octanol–water partition coefficient (Wildman–Crippen LogP) is 2.32. The molecule has 0 bridgehead atoms. The second-order valence-corrected chi connectivity index (χ2v) is 6.75. The average molecular weight is 317 g/mol. The van der Waals surface area contributed by atoms with E-state index in [1.54, 1.807) is 0 Å². The second-order valence-electron chi connectivity index (χ2n) is 6.75. The Morgan fingerprint density at radius 2 is 1.91 bits per heavy atom. The monoisotopic (exact) mass is 317 g/mol. The predicted molar refractivity (Wildman–Crippen MR) is 95.3 cm³/mol. The Kier molecular flexibility index (Phi) is 7.06. The molecule has 4 heteroatoms. The number of amides is 1. The number of likely N-dealkylation sites (tertiary alicyclic amines) is 1. The summed E-state index contributed by atoms with van der Waals surface area (Å²) in [5.74, 6) is 0.945. The van der Waals surface area contributed by atoms with E-state index in [0.29, 0.717) is 6.54 Å². The van der Waals surface area contributed by atoms with Crippen LogP contribution in [0.5, 0.6) is 0 Å². The van der Waals surface area contributed by atoms with Gasteiger partial charge in [0.05, 0.1) is 6.04 Å². The number of hydrogen-bond donors (Lipinski definition) is 2. The van der Waals surface area contributed by atoms with E-state index in [1.807, 2.05) is 14.0 Å². The number of nitrogens with one attached hydrogen (secondary N) is 2. The second kappa shape index (κ2) is 9.04. The first-order valence-electron chi connectivity index (χ1n) is 8.82. The van der Waals surface area contributed by atoms with Crippen molar-refractivity contribution in [3.8, 4) is 0 Å². The van der Waals surface area contributed by atoms with Crippen LogP contribution in [0.2, 0.25) is 0 Å². The van der Waals surface area contributed by atoms with Crippen molar-refractivity contribution in [3.05, 3.63) is 35.4 Å².